The topological polar surface area (TPSA) is 180 Å². The molecule has 1 fully saturated rings. The zero-order valence-corrected chi connectivity index (χ0v) is 36.7. The fraction of sp³-hybridized carbons (Fsp3) is 0.617. The first-order valence-corrected chi connectivity index (χ1v) is 22.0. The normalized spacial score (nSPS) is 33.5. The van der Waals surface area contributed by atoms with E-state index in [0.717, 1.165) is 35.0 Å². The Morgan fingerprint density at radius 1 is 1.07 bits per heavy atom. The molecule has 4 heterocycles. The summed E-state index contributed by atoms with van der Waals surface area (Å²) in [5, 5.41) is 55.2. The molecule has 0 spiro atoms. The number of rotatable bonds is 10. The van der Waals surface area contributed by atoms with Gasteiger partial charge in [0.05, 0.1) is 32.0 Å². The van der Waals surface area contributed by atoms with Crippen molar-refractivity contribution in [2.75, 3.05) is 58.9 Å². The Morgan fingerprint density at radius 2 is 1.82 bits per heavy atom. The largest absolute Gasteiger partial charge is 0.496 e. The molecule has 10 atom stereocenters. The number of aromatic amines is 1. The third-order valence-electron chi connectivity index (χ3n) is 14.6. The van der Waals surface area contributed by atoms with Crippen LogP contribution in [0.25, 0.3) is 10.9 Å². The van der Waals surface area contributed by atoms with Gasteiger partial charge in [0.25, 0.3) is 5.91 Å². The van der Waals surface area contributed by atoms with Crippen LogP contribution in [0.1, 0.15) is 95.0 Å². The third kappa shape index (κ3) is 6.75. The van der Waals surface area contributed by atoms with Gasteiger partial charge < -0.3 is 50.4 Å². The number of benzene rings is 2. The van der Waals surface area contributed by atoms with Crippen molar-refractivity contribution in [2.45, 2.75) is 120 Å². The second-order valence-corrected chi connectivity index (χ2v) is 18.2. The lowest BCUT2D eigenvalue weighted by Gasteiger charge is -2.61. The number of likely N-dealkylation sites (N-methyl/N-ethyl adjacent to an activating group) is 1. The Hall–Kier alpha value is -3.98. The van der Waals surface area contributed by atoms with E-state index in [1.165, 1.54) is 7.11 Å². The number of aliphatic hydroxyl groups excluding tert-OH is 2. The Balaban J connectivity index is 1.55. The van der Waals surface area contributed by atoms with Crippen LogP contribution in [0.4, 0.5) is 5.69 Å². The maximum Gasteiger partial charge on any atom is 0.322 e. The minimum atomic E-state index is -2.32. The fourth-order valence-electron chi connectivity index (χ4n) is 11.9. The highest BCUT2D eigenvalue weighted by atomic mass is 16.5. The van der Waals surface area contributed by atoms with E-state index in [2.05, 4.69) is 40.4 Å². The maximum atomic E-state index is 15.2. The molecule has 60 heavy (non-hydrogen) atoms. The minimum Gasteiger partial charge on any atom is -0.496 e. The van der Waals surface area contributed by atoms with E-state index in [9.17, 15) is 25.2 Å². The first kappa shape index (κ1) is 44.1. The van der Waals surface area contributed by atoms with Gasteiger partial charge in [0.15, 0.2) is 5.60 Å². The highest BCUT2D eigenvalue weighted by molar-refractivity contribution is 5.95. The van der Waals surface area contributed by atoms with Crippen LogP contribution in [-0.2, 0) is 26.2 Å². The number of para-hydroxylation sites is 1. The summed E-state index contributed by atoms with van der Waals surface area (Å²) in [6.45, 7) is 12.0. The smallest absolute Gasteiger partial charge is 0.322 e. The predicted molar refractivity (Wildman–Crippen MR) is 232 cm³/mol. The molecule has 3 aromatic rings. The van der Waals surface area contributed by atoms with E-state index in [-0.39, 0.29) is 24.9 Å². The van der Waals surface area contributed by atoms with Gasteiger partial charge in [-0.2, -0.15) is 0 Å². The van der Waals surface area contributed by atoms with E-state index in [1.807, 2.05) is 68.3 Å². The number of hydrogen-bond acceptors (Lipinski definition) is 11. The molecule has 4 aliphatic rings. The van der Waals surface area contributed by atoms with Crippen LogP contribution in [0.2, 0.25) is 0 Å². The average molecular weight is 830 g/mol. The summed E-state index contributed by atoms with van der Waals surface area (Å²) in [5.74, 6) is -1.53. The average Bonchev–Trinajstić information content (AvgIpc) is 3.75. The minimum absolute atomic E-state index is 0.102. The number of ether oxygens (including phenoxy) is 2. The van der Waals surface area contributed by atoms with Gasteiger partial charge in [-0.3, -0.25) is 14.5 Å². The second-order valence-electron chi connectivity index (χ2n) is 18.2. The zero-order chi connectivity index (χ0) is 43.4. The second kappa shape index (κ2) is 16.7. The van der Waals surface area contributed by atoms with Crippen LogP contribution in [-0.4, -0.2) is 132 Å². The monoisotopic (exact) mass is 829 g/mol. The molecule has 1 amide bonds. The number of nitrogens with one attached hydrogen (secondary N) is 3. The lowest BCUT2D eigenvalue weighted by Crippen LogP contribution is -2.78. The molecular formula is C47H67N5O8. The summed E-state index contributed by atoms with van der Waals surface area (Å²) in [6, 6.07) is 10.7. The van der Waals surface area contributed by atoms with Crippen LogP contribution in [0, 0.1) is 11.3 Å². The number of fused-ring (bicyclic) bond motifs is 8. The van der Waals surface area contributed by atoms with Crippen LogP contribution >= 0.6 is 0 Å². The Kier molecular flexibility index (Phi) is 12.3. The number of hydrogen-bond donors (Lipinski definition) is 7. The SMILES string of the molecule is CCCN1CC=C[C@]2(CC)C1C1c3cc([C@@]4(C(=O)OC)C[C@H](C)CC(O)(CC)CNCCc5c4[nH]c4ccccc54)c(OC)cc3N(C)C1[C@@](O)(C(=O)NC[C@@H](C)O)[C@@H]2O. The van der Waals surface area contributed by atoms with Crippen LogP contribution in [0.5, 0.6) is 5.75 Å². The van der Waals surface area contributed by atoms with Crippen molar-refractivity contribution in [1.82, 2.24) is 20.5 Å². The molecule has 0 saturated heterocycles. The number of H-pyrrole nitrogens is 1. The van der Waals surface area contributed by atoms with Gasteiger partial charge in [-0.05, 0) is 87.7 Å². The van der Waals surface area contributed by atoms with Crippen molar-refractivity contribution in [1.29, 1.82) is 0 Å². The van der Waals surface area contributed by atoms with Crippen LogP contribution in [0.3, 0.4) is 0 Å². The molecule has 328 valence electrons. The number of methoxy groups -OCH3 is 2. The summed E-state index contributed by atoms with van der Waals surface area (Å²) in [6.07, 6.45) is 4.74. The van der Waals surface area contributed by atoms with E-state index >= 15 is 4.79 Å². The quantitative estimate of drug-likeness (QED) is 0.117. The van der Waals surface area contributed by atoms with Crippen molar-refractivity contribution in [2.24, 2.45) is 11.3 Å². The number of aliphatic hydroxyl groups is 4. The van der Waals surface area contributed by atoms with Crippen molar-refractivity contribution in [3.63, 3.8) is 0 Å². The van der Waals surface area contributed by atoms with Gasteiger partial charge in [0, 0.05) is 78.0 Å². The van der Waals surface area contributed by atoms with Gasteiger partial charge in [0.2, 0.25) is 0 Å². The molecule has 7 rings (SSSR count). The van der Waals surface area contributed by atoms with E-state index in [0.29, 0.717) is 68.0 Å². The Bertz CT molecular complexity index is 2100. The standard InChI is InChI=1S/C47H67N5O8/c1-9-20-52-21-14-18-45(11-3)39(52)37-32-22-33(36(59-7)23-35(32)51(6)40(37)47(58,41(45)54)42(55)49-26-29(5)53)46(43(56)60-8)25-28(4)24-44(57,10-2)27-48-19-17-31-30-15-12-13-16-34(30)50-38(31)46/h12-16,18,22-23,28-29,37,39-41,48,50,53-54,57-58H,9-11,17,19-21,24-27H2,1-8H3,(H,49,55)/t28-,29-,37?,39?,40?,41-,44?,45-,46+,47+/m1/s1. The number of aromatic nitrogens is 1. The molecular weight excluding hydrogens is 763 g/mol. The fourth-order valence-corrected chi connectivity index (χ4v) is 11.9. The molecule has 1 saturated carbocycles. The number of amides is 1. The molecule has 4 unspecified atom stereocenters. The number of β-amino-alcohol motifs (C(OH)–C–C–N with tert-alkyl or cyclic N) is 1. The van der Waals surface area contributed by atoms with Crippen molar-refractivity contribution in [3.05, 3.63) is 70.9 Å². The summed E-state index contributed by atoms with van der Waals surface area (Å²) in [4.78, 5) is 37.7. The lowest BCUT2D eigenvalue weighted by atomic mass is 9.53. The van der Waals surface area contributed by atoms with E-state index < -0.39 is 58.1 Å². The molecule has 0 bridgehead atoms. The predicted octanol–water partition coefficient (Wildman–Crippen LogP) is 3.89. The third-order valence-corrected chi connectivity index (χ3v) is 14.6. The first-order chi connectivity index (χ1) is 28.6. The van der Waals surface area contributed by atoms with Gasteiger partial charge in [0.1, 0.15) is 17.3 Å². The van der Waals surface area contributed by atoms with Gasteiger partial charge in [-0.15, -0.1) is 0 Å². The molecule has 1 aromatic heterocycles. The summed E-state index contributed by atoms with van der Waals surface area (Å²) in [5.41, 5.74) is -1.16. The Morgan fingerprint density at radius 3 is 2.48 bits per heavy atom. The number of esters is 1. The van der Waals surface area contributed by atoms with Crippen LogP contribution in [0.15, 0.2) is 48.6 Å². The van der Waals surface area contributed by atoms with Gasteiger partial charge >= 0.3 is 5.97 Å². The van der Waals surface area contributed by atoms with Crippen molar-refractivity contribution in [3.8, 4) is 5.75 Å². The number of carbonyl (C=O) groups is 2. The number of nitrogens with zero attached hydrogens (tertiary/aromatic N) is 2. The first-order valence-electron chi connectivity index (χ1n) is 22.0. The lowest BCUT2D eigenvalue weighted by molar-refractivity contribution is -0.198. The molecule has 1 aliphatic carbocycles. The van der Waals surface area contributed by atoms with Crippen molar-refractivity contribution < 1.29 is 39.5 Å². The number of carbonyl (C=O) groups excluding carboxylic acids is 2. The van der Waals surface area contributed by atoms with E-state index in [4.69, 9.17) is 9.47 Å². The maximum absolute atomic E-state index is 15.2. The van der Waals surface area contributed by atoms with Crippen molar-refractivity contribution >= 4 is 28.5 Å². The summed E-state index contributed by atoms with van der Waals surface area (Å²) in [7, 11) is 4.83. The molecule has 13 nitrogen and oxygen atoms in total. The highest BCUT2D eigenvalue weighted by Crippen LogP contribution is 2.62. The molecule has 3 aliphatic heterocycles. The molecule has 0 radical (unpaired) electrons. The molecule has 13 heteroatoms. The summed E-state index contributed by atoms with van der Waals surface area (Å²) < 4.78 is 12.2. The zero-order valence-electron chi connectivity index (χ0n) is 36.7. The summed E-state index contributed by atoms with van der Waals surface area (Å²) >= 11 is 0. The highest BCUT2D eigenvalue weighted by Gasteiger charge is 2.71. The van der Waals surface area contributed by atoms with Crippen LogP contribution < -0.4 is 20.3 Å². The molecule has 7 N–H and O–H groups in total. The number of anilines is 1. The van der Waals surface area contributed by atoms with E-state index in [1.54, 1.807) is 14.0 Å². The Labute approximate surface area is 354 Å². The van der Waals surface area contributed by atoms with Gasteiger partial charge in [-0.25, -0.2) is 0 Å². The molecule has 2 aromatic carbocycles. The van der Waals surface area contributed by atoms with Gasteiger partial charge in [-0.1, -0.05) is 58.0 Å².